The Balaban J connectivity index is 1.34. The van der Waals surface area contributed by atoms with Crippen molar-refractivity contribution in [3.63, 3.8) is 0 Å². The summed E-state index contributed by atoms with van der Waals surface area (Å²) in [6, 6.07) is 8.96. The lowest BCUT2D eigenvalue weighted by Gasteiger charge is -2.19. The number of carbonyl (C=O) groups is 1. The van der Waals surface area contributed by atoms with E-state index in [9.17, 15) is 10.1 Å². The van der Waals surface area contributed by atoms with Crippen LogP contribution in [0.4, 0.5) is 5.82 Å². The molecule has 2 aromatic rings. The van der Waals surface area contributed by atoms with Gasteiger partial charge in [0.05, 0.1) is 24.0 Å². The van der Waals surface area contributed by atoms with E-state index in [1.54, 1.807) is 11.8 Å². The number of nitrogens with zero attached hydrogens (tertiary/aromatic N) is 2. The van der Waals surface area contributed by atoms with Crippen LogP contribution in [-0.4, -0.2) is 28.9 Å². The average molecular weight is 436 g/mol. The number of aryl methyl sites for hydroxylation is 2. The van der Waals surface area contributed by atoms with Gasteiger partial charge in [0.1, 0.15) is 11.9 Å². The first-order chi connectivity index (χ1) is 15.2. The fraction of sp³-hybridized carbons (Fsp3) is 0.520. The quantitative estimate of drug-likeness (QED) is 0.672. The summed E-state index contributed by atoms with van der Waals surface area (Å²) in [6.45, 7) is 1.52. The van der Waals surface area contributed by atoms with Crippen molar-refractivity contribution in [1.29, 1.82) is 5.26 Å². The summed E-state index contributed by atoms with van der Waals surface area (Å²) in [7, 11) is 0. The highest BCUT2D eigenvalue weighted by Gasteiger charge is 2.28. The Bertz CT molecular complexity index is 1030. The SMILES string of the molecule is N#Cc1c2c(n(CC3CCCO3)c1NC(=O)CSc1ccc3c(c1)CCC3)CCCC2. The van der Waals surface area contributed by atoms with Gasteiger partial charge < -0.3 is 14.6 Å². The van der Waals surface area contributed by atoms with Gasteiger partial charge in [-0.05, 0) is 86.6 Å². The third-order valence-electron chi connectivity index (χ3n) is 6.79. The number of hydrogen-bond acceptors (Lipinski definition) is 4. The second-order valence-electron chi connectivity index (χ2n) is 8.83. The number of carbonyl (C=O) groups excluding carboxylic acids is 1. The third-order valence-corrected chi connectivity index (χ3v) is 7.79. The second kappa shape index (κ2) is 9.10. The maximum absolute atomic E-state index is 12.9. The lowest BCUT2D eigenvalue weighted by molar-refractivity contribution is -0.113. The first-order valence-corrected chi connectivity index (χ1v) is 12.5. The summed E-state index contributed by atoms with van der Waals surface area (Å²) < 4.78 is 8.05. The van der Waals surface area contributed by atoms with E-state index in [0.717, 1.165) is 68.6 Å². The molecule has 1 amide bonds. The molecule has 6 heteroatoms. The zero-order valence-electron chi connectivity index (χ0n) is 17.9. The number of thioether (sulfide) groups is 1. The molecule has 0 saturated carbocycles. The van der Waals surface area contributed by atoms with Gasteiger partial charge in [0.2, 0.25) is 5.91 Å². The average Bonchev–Trinajstić information content (AvgIpc) is 3.52. The Morgan fingerprint density at radius 2 is 2.03 bits per heavy atom. The summed E-state index contributed by atoms with van der Waals surface area (Å²) in [5.41, 5.74) is 5.89. The number of hydrogen-bond donors (Lipinski definition) is 1. The highest BCUT2D eigenvalue weighted by atomic mass is 32.2. The maximum Gasteiger partial charge on any atom is 0.235 e. The van der Waals surface area contributed by atoms with E-state index < -0.39 is 0 Å². The predicted octanol–water partition coefficient (Wildman–Crippen LogP) is 4.64. The van der Waals surface area contributed by atoms with Gasteiger partial charge in [0.25, 0.3) is 0 Å². The van der Waals surface area contributed by atoms with Crippen LogP contribution in [0.5, 0.6) is 0 Å². The van der Waals surface area contributed by atoms with E-state index >= 15 is 0 Å². The van der Waals surface area contributed by atoms with Gasteiger partial charge in [-0.2, -0.15) is 5.26 Å². The maximum atomic E-state index is 12.9. The molecule has 1 saturated heterocycles. The van der Waals surface area contributed by atoms with Crippen LogP contribution in [0.3, 0.4) is 0 Å². The van der Waals surface area contributed by atoms with Gasteiger partial charge in [-0.3, -0.25) is 4.79 Å². The van der Waals surface area contributed by atoms with E-state index in [-0.39, 0.29) is 12.0 Å². The predicted molar refractivity (Wildman–Crippen MR) is 123 cm³/mol. The molecular formula is C25H29N3O2S. The third kappa shape index (κ3) is 4.26. The number of anilines is 1. The fourth-order valence-corrected chi connectivity index (χ4v) is 6.03. The molecule has 0 radical (unpaired) electrons. The molecule has 5 rings (SSSR count). The molecule has 1 atom stereocenters. The molecule has 0 bridgehead atoms. The molecule has 31 heavy (non-hydrogen) atoms. The smallest absolute Gasteiger partial charge is 0.235 e. The lowest BCUT2D eigenvalue weighted by Crippen LogP contribution is -2.23. The van der Waals surface area contributed by atoms with Crippen molar-refractivity contribution >= 4 is 23.5 Å². The summed E-state index contributed by atoms with van der Waals surface area (Å²) in [5.74, 6) is 0.981. The van der Waals surface area contributed by atoms with Crippen LogP contribution in [-0.2, 0) is 41.8 Å². The Hall–Kier alpha value is -2.23. The van der Waals surface area contributed by atoms with Crippen molar-refractivity contribution in [2.75, 3.05) is 17.7 Å². The summed E-state index contributed by atoms with van der Waals surface area (Å²) in [5, 5.41) is 13.0. The van der Waals surface area contributed by atoms with Crippen LogP contribution < -0.4 is 5.32 Å². The Labute approximate surface area is 188 Å². The molecule has 1 aromatic carbocycles. The van der Waals surface area contributed by atoms with E-state index in [0.29, 0.717) is 17.1 Å². The van der Waals surface area contributed by atoms with Crippen LogP contribution in [0, 0.1) is 11.3 Å². The van der Waals surface area contributed by atoms with Crippen molar-refractivity contribution in [2.24, 2.45) is 0 Å². The number of ether oxygens (including phenoxy) is 1. The molecule has 1 fully saturated rings. The fourth-order valence-electron chi connectivity index (χ4n) is 5.27. The number of nitriles is 1. The van der Waals surface area contributed by atoms with Gasteiger partial charge in [-0.25, -0.2) is 0 Å². The van der Waals surface area contributed by atoms with Crippen LogP contribution in [0.15, 0.2) is 23.1 Å². The number of nitrogens with one attached hydrogen (secondary N) is 1. The van der Waals surface area contributed by atoms with Crippen molar-refractivity contribution in [3.05, 3.63) is 46.1 Å². The first-order valence-electron chi connectivity index (χ1n) is 11.5. The second-order valence-corrected chi connectivity index (χ2v) is 9.88. The van der Waals surface area contributed by atoms with Gasteiger partial charge >= 0.3 is 0 Å². The van der Waals surface area contributed by atoms with Crippen LogP contribution >= 0.6 is 11.8 Å². The molecule has 5 nitrogen and oxygen atoms in total. The van der Waals surface area contributed by atoms with E-state index in [2.05, 4.69) is 34.2 Å². The highest BCUT2D eigenvalue weighted by Crippen LogP contribution is 2.34. The standard InChI is InChI=1S/C25H29N3O2S/c26-14-22-21-8-1-2-9-23(21)28(15-19-7-4-12-30-19)25(22)27-24(29)16-31-20-11-10-17-5-3-6-18(17)13-20/h10-11,13,19H,1-9,12,15-16H2,(H,27,29). The van der Waals surface area contributed by atoms with E-state index in [1.165, 1.54) is 29.7 Å². The van der Waals surface area contributed by atoms with Crippen molar-refractivity contribution in [3.8, 4) is 6.07 Å². The van der Waals surface area contributed by atoms with Gasteiger partial charge in [0, 0.05) is 17.2 Å². The molecule has 2 aliphatic carbocycles. The summed E-state index contributed by atoms with van der Waals surface area (Å²) in [6.07, 6.45) is 9.96. The summed E-state index contributed by atoms with van der Waals surface area (Å²) in [4.78, 5) is 14.0. The number of benzene rings is 1. The van der Waals surface area contributed by atoms with Crippen LogP contribution in [0.2, 0.25) is 0 Å². The minimum atomic E-state index is -0.0505. The molecular weight excluding hydrogens is 406 g/mol. The molecule has 162 valence electrons. The van der Waals surface area contributed by atoms with Gasteiger partial charge in [-0.15, -0.1) is 11.8 Å². The van der Waals surface area contributed by atoms with Crippen molar-refractivity contribution in [2.45, 2.75) is 75.3 Å². The normalized spacial score (nSPS) is 19.6. The Morgan fingerprint density at radius 3 is 2.87 bits per heavy atom. The molecule has 1 aromatic heterocycles. The lowest BCUT2D eigenvalue weighted by atomic mass is 9.95. The minimum absolute atomic E-state index is 0.0505. The molecule has 3 aliphatic rings. The number of amides is 1. The zero-order valence-corrected chi connectivity index (χ0v) is 18.7. The van der Waals surface area contributed by atoms with Crippen molar-refractivity contribution in [1.82, 2.24) is 4.57 Å². The first kappa shape index (κ1) is 20.7. The highest BCUT2D eigenvalue weighted by molar-refractivity contribution is 8.00. The van der Waals surface area contributed by atoms with Crippen molar-refractivity contribution < 1.29 is 9.53 Å². The number of aromatic nitrogens is 1. The summed E-state index contributed by atoms with van der Waals surface area (Å²) >= 11 is 1.57. The number of rotatable bonds is 6. The molecule has 1 unspecified atom stereocenters. The van der Waals surface area contributed by atoms with Crippen LogP contribution in [0.1, 0.15) is 60.1 Å². The molecule has 2 heterocycles. The molecule has 1 aliphatic heterocycles. The monoisotopic (exact) mass is 435 g/mol. The van der Waals surface area contributed by atoms with E-state index in [1.807, 2.05) is 0 Å². The van der Waals surface area contributed by atoms with Gasteiger partial charge in [0.15, 0.2) is 0 Å². The minimum Gasteiger partial charge on any atom is -0.376 e. The zero-order chi connectivity index (χ0) is 21.2. The topological polar surface area (TPSA) is 67.1 Å². The Kier molecular flexibility index (Phi) is 6.06. The van der Waals surface area contributed by atoms with E-state index in [4.69, 9.17) is 4.74 Å². The molecule has 0 spiro atoms. The molecule has 1 N–H and O–H groups in total. The Morgan fingerprint density at radius 1 is 1.16 bits per heavy atom. The number of fused-ring (bicyclic) bond motifs is 2. The largest absolute Gasteiger partial charge is 0.376 e. The van der Waals surface area contributed by atoms with Crippen LogP contribution in [0.25, 0.3) is 0 Å². The van der Waals surface area contributed by atoms with Gasteiger partial charge in [-0.1, -0.05) is 6.07 Å².